The fourth-order valence-electron chi connectivity index (χ4n) is 4.42. The topological polar surface area (TPSA) is 69.5 Å². The Labute approximate surface area is 148 Å². The molecule has 2 aliphatic rings. The zero-order valence-electron chi connectivity index (χ0n) is 13.5. The molecule has 1 saturated carbocycles. The Bertz CT molecular complexity index is 1080. The summed E-state index contributed by atoms with van der Waals surface area (Å²) in [5, 5.41) is 19.5. The zero-order chi connectivity index (χ0) is 17.0. The molecular weight excluding hydrogens is 330 g/mol. The number of H-pyrrole nitrogens is 1. The first-order chi connectivity index (χ1) is 12.3. The summed E-state index contributed by atoms with van der Waals surface area (Å²) in [6.07, 6.45) is 4.92. The summed E-state index contributed by atoms with van der Waals surface area (Å²) in [5.41, 5.74) is 4.60. The number of hydrogen-bond acceptors (Lipinski definition) is 4. The molecule has 25 heavy (non-hydrogen) atoms. The number of nitrogens with zero attached hydrogens (tertiary/aromatic N) is 2. The SMILES string of the molecule is N#Cc1ccsc1C1=C(c2ccc3[nH]ncc3c2)C2CCCC2C1=O. The second kappa shape index (κ2) is 5.40. The van der Waals surface area contributed by atoms with Gasteiger partial charge in [0.2, 0.25) is 0 Å². The molecule has 2 unspecified atom stereocenters. The van der Waals surface area contributed by atoms with Crippen molar-refractivity contribution in [1.29, 1.82) is 5.26 Å². The number of nitriles is 1. The molecule has 4 nitrogen and oxygen atoms in total. The van der Waals surface area contributed by atoms with Crippen molar-refractivity contribution in [3.63, 3.8) is 0 Å². The molecule has 2 atom stereocenters. The van der Waals surface area contributed by atoms with Crippen molar-refractivity contribution in [2.45, 2.75) is 19.3 Å². The van der Waals surface area contributed by atoms with Gasteiger partial charge in [-0.1, -0.05) is 12.5 Å². The first kappa shape index (κ1) is 14.6. The summed E-state index contributed by atoms with van der Waals surface area (Å²) < 4.78 is 0. The quantitative estimate of drug-likeness (QED) is 0.748. The summed E-state index contributed by atoms with van der Waals surface area (Å²) >= 11 is 1.50. The van der Waals surface area contributed by atoms with Crippen LogP contribution in [0.15, 0.2) is 35.8 Å². The number of allylic oxidation sites excluding steroid dienone is 2. The number of ketones is 1. The molecule has 0 radical (unpaired) electrons. The van der Waals surface area contributed by atoms with Gasteiger partial charge in [-0.2, -0.15) is 10.4 Å². The number of nitrogens with one attached hydrogen (secondary N) is 1. The van der Waals surface area contributed by atoms with Crippen molar-refractivity contribution in [2.75, 3.05) is 0 Å². The van der Waals surface area contributed by atoms with Crippen LogP contribution in [0.5, 0.6) is 0 Å². The predicted octanol–water partition coefficient (Wildman–Crippen LogP) is 4.41. The largest absolute Gasteiger partial charge is 0.294 e. The highest BCUT2D eigenvalue weighted by molar-refractivity contribution is 7.12. The fraction of sp³-hybridized carbons (Fsp3) is 0.250. The Morgan fingerprint density at radius 3 is 3.00 bits per heavy atom. The van der Waals surface area contributed by atoms with Crippen molar-refractivity contribution >= 4 is 39.2 Å². The lowest BCUT2D eigenvalue weighted by atomic mass is 9.89. The van der Waals surface area contributed by atoms with E-state index in [1.807, 2.05) is 23.7 Å². The van der Waals surface area contributed by atoms with Gasteiger partial charge in [-0.05, 0) is 53.5 Å². The number of Topliss-reactive ketones (excluding diaryl/α,β-unsaturated/α-hetero) is 1. The highest BCUT2D eigenvalue weighted by Gasteiger charge is 2.45. The molecule has 122 valence electrons. The van der Waals surface area contributed by atoms with E-state index in [0.717, 1.165) is 51.8 Å². The van der Waals surface area contributed by atoms with E-state index in [9.17, 15) is 10.1 Å². The molecule has 3 aromatic rings. The van der Waals surface area contributed by atoms with Gasteiger partial charge in [0.05, 0.1) is 22.2 Å². The molecule has 0 bridgehead atoms. The summed E-state index contributed by atoms with van der Waals surface area (Å²) in [6.45, 7) is 0. The minimum atomic E-state index is 0.0821. The number of fused-ring (bicyclic) bond motifs is 2. The van der Waals surface area contributed by atoms with Gasteiger partial charge in [-0.25, -0.2) is 0 Å². The Morgan fingerprint density at radius 2 is 2.12 bits per heavy atom. The molecule has 0 saturated heterocycles. The number of thiophene rings is 1. The lowest BCUT2D eigenvalue weighted by Crippen LogP contribution is -2.11. The lowest BCUT2D eigenvalue weighted by molar-refractivity contribution is -0.117. The van der Waals surface area contributed by atoms with Crippen LogP contribution < -0.4 is 0 Å². The first-order valence-corrected chi connectivity index (χ1v) is 9.35. The van der Waals surface area contributed by atoms with Gasteiger partial charge in [0.1, 0.15) is 6.07 Å². The average molecular weight is 345 g/mol. The van der Waals surface area contributed by atoms with E-state index in [2.05, 4.69) is 28.4 Å². The van der Waals surface area contributed by atoms with Crippen molar-refractivity contribution < 1.29 is 4.79 Å². The average Bonchev–Trinajstić information content (AvgIpc) is 3.39. The Hall–Kier alpha value is -2.71. The molecule has 1 fully saturated rings. The summed E-state index contributed by atoms with van der Waals surface area (Å²) in [5.74, 6) is 0.586. The second-order valence-corrected chi connectivity index (χ2v) is 7.66. The molecule has 0 amide bonds. The van der Waals surface area contributed by atoms with E-state index in [1.54, 1.807) is 0 Å². The van der Waals surface area contributed by atoms with Crippen molar-refractivity contribution in [1.82, 2.24) is 10.2 Å². The van der Waals surface area contributed by atoms with Crippen LogP contribution in [-0.4, -0.2) is 16.0 Å². The maximum atomic E-state index is 13.2. The highest BCUT2D eigenvalue weighted by atomic mass is 32.1. The van der Waals surface area contributed by atoms with Gasteiger partial charge in [0.25, 0.3) is 0 Å². The molecule has 2 aromatic heterocycles. The van der Waals surface area contributed by atoms with Crippen LogP contribution in [0.4, 0.5) is 0 Å². The number of aromatic nitrogens is 2. The van der Waals surface area contributed by atoms with Crippen LogP contribution in [0.3, 0.4) is 0 Å². The van der Waals surface area contributed by atoms with Crippen LogP contribution in [0, 0.1) is 23.2 Å². The van der Waals surface area contributed by atoms with E-state index in [4.69, 9.17) is 0 Å². The van der Waals surface area contributed by atoms with Crippen molar-refractivity contribution in [3.05, 3.63) is 51.8 Å². The first-order valence-electron chi connectivity index (χ1n) is 8.48. The number of aromatic amines is 1. The number of carbonyl (C=O) groups is 1. The highest BCUT2D eigenvalue weighted by Crippen LogP contribution is 2.53. The number of benzene rings is 1. The van der Waals surface area contributed by atoms with Gasteiger partial charge in [-0.3, -0.25) is 9.89 Å². The molecule has 0 aliphatic heterocycles. The Balaban J connectivity index is 1.78. The van der Waals surface area contributed by atoms with Gasteiger partial charge in [0.15, 0.2) is 5.78 Å². The fourth-order valence-corrected chi connectivity index (χ4v) is 5.33. The maximum Gasteiger partial charge on any atom is 0.168 e. The zero-order valence-corrected chi connectivity index (χ0v) is 14.3. The monoisotopic (exact) mass is 345 g/mol. The molecule has 1 N–H and O–H groups in total. The minimum Gasteiger partial charge on any atom is -0.294 e. The van der Waals surface area contributed by atoms with E-state index >= 15 is 0 Å². The Morgan fingerprint density at radius 1 is 1.24 bits per heavy atom. The van der Waals surface area contributed by atoms with Crippen molar-refractivity contribution in [2.24, 2.45) is 11.8 Å². The van der Waals surface area contributed by atoms with Gasteiger partial charge < -0.3 is 0 Å². The lowest BCUT2D eigenvalue weighted by Gasteiger charge is -2.14. The normalized spacial score (nSPS) is 22.6. The Kier molecular flexibility index (Phi) is 3.16. The molecule has 5 heteroatoms. The van der Waals surface area contributed by atoms with Crippen molar-refractivity contribution in [3.8, 4) is 6.07 Å². The third-order valence-corrected chi connectivity index (χ3v) is 6.44. The van der Waals surface area contributed by atoms with E-state index in [-0.39, 0.29) is 17.6 Å². The third-order valence-electron chi connectivity index (χ3n) is 5.50. The number of rotatable bonds is 2. The smallest absolute Gasteiger partial charge is 0.168 e. The van der Waals surface area contributed by atoms with Crippen LogP contribution in [0.25, 0.3) is 22.0 Å². The van der Waals surface area contributed by atoms with Crippen LogP contribution >= 0.6 is 11.3 Å². The molecule has 2 aliphatic carbocycles. The number of hydrogen-bond donors (Lipinski definition) is 1. The summed E-state index contributed by atoms with van der Waals surface area (Å²) in [6, 6.07) is 10.3. The molecule has 1 aromatic carbocycles. The number of carbonyl (C=O) groups excluding carboxylic acids is 1. The maximum absolute atomic E-state index is 13.2. The standard InChI is InChI=1S/C20H15N3OS/c21-9-12-6-7-25-20(12)18-17(14-2-1-3-15(14)19(18)24)11-4-5-16-13(8-11)10-22-23-16/h4-8,10,14-15H,1-3H2,(H,22,23). The predicted molar refractivity (Wildman–Crippen MR) is 97.8 cm³/mol. The van der Waals surface area contributed by atoms with E-state index in [1.165, 1.54) is 11.3 Å². The van der Waals surface area contributed by atoms with E-state index in [0.29, 0.717) is 5.56 Å². The molecule has 5 rings (SSSR count). The summed E-state index contributed by atoms with van der Waals surface area (Å²) in [4.78, 5) is 14.0. The van der Waals surface area contributed by atoms with Crippen LogP contribution in [0.2, 0.25) is 0 Å². The van der Waals surface area contributed by atoms with Crippen LogP contribution in [0.1, 0.15) is 35.3 Å². The van der Waals surface area contributed by atoms with E-state index < -0.39 is 0 Å². The molecule has 0 spiro atoms. The summed E-state index contributed by atoms with van der Waals surface area (Å²) in [7, 11) is 0. The third kappa shape index (κ3) is 2.04. The second-order valence-electron chi connectivity index (χ2n) is 6.74. The molecule has 2 heterocycles. The molecular formula is C20H15N3OS. The van der Waals surface area contributed by atoms with Gasteiger partial charge in [-0.15, -0.1) is 11.3 Å². The van der Waals surface area contributed by atoms with Crippen LogP contribution in [-0.2, 0) is 4.79 Å². The van der Waals surface area contributed by atoms with Gasteiger partial charge >= 0.3 is 0 Å². The van der Waals surface area contributed by atoms with Gasteiger partial charge in [0, 0.05) is 16.9 Å². The minimum absolute atomic E-state index is 0.0821.